The lowest BCUT2D eigenvalue weighted by molar-refractivity contribution is -0.886. The highest BCUT2D eigenvalue weighted by Gasteiger charge is 2.31. The largest absolute Gasteiger partial charge is 1.00 e. The Kier molecular flexibility index (Phi) is 14.9. The molecule has 0 spiro atoms. The molecule has 0 saturated carbocycles. The van der Waals surface area contributed by atoms with Crippen molar-refractivity contribution in [2.75, 3.05) is 34.3 Å². The van der Waals surface area contributed by atoms with Gasteiger partial charge in [-0.05, 0) is 60.9 Å². The summed E-state index contributed by atoms with van der Waals surface area (Å²) in [5.74, 6) is -1.57. The van der Waals surface area contributed by atoms with E-state index in [9.17, 15) is 18.4 Å². The SMILES string of the molecule is C[N+](C)(C)C(Cc1ccccc1)C(=O)NCCCCCCCCOc1ccc(OC(=O)c2cc(F)ccc2F)cc1.[I-]. The number of carbonyl (C=O) groups excluding carboxylic acids is 2. The van der Waals surface area contributed by atoms with E-state index in [-0.39, 0.29) is 41.7 Å². The van der Waals surface area contributed by atoms with Crippen molar-refractivity contribution in [2.45, 2.75) is 51.0 Å². The first-order chi connectivity index (χ1) is 19.6. The van der Waals surface area contributed by atoms with Crippen LogP contribution < -0.4 is 38.8 Å². The van der Waals surface area contributed by atoms with Gasteiger partial charge in [-0.15, -0.1) is 0 Å². The van der Waals surface area contributed by atoms with Crippen LogP contribution in [0.2, 0.25) is 0 Å². The summed E-state index contributed by atoms with van der Waals surface area (Å²) in [6, 6.07) is 19.1. The van der Waals surface area contributed by atoms with Gasteiger partial charge < -0.3 is 43.3 Å². The third kappa shape index (κ3) is 12.1. The summed E-state index contributed by atoms with van der Waals surface area (Å²) in [6.45, 7) is 1.26. The maximum Gasteiger partial charge on any atom is 0.346 e. The van der Waals surface area contributed by atoms with Crippen molar-refractivity contribution in [3.63, 3.8) is 0 Å². The summed E-state index contributed by atoms with van der Waals surface area (Å²) in [6.07, 6.45) is 6.89. The molecule has 1 atom stereocenters. The summed E-state index contributed by atoms with van der Waals surface area (Å²) in [5.41, 5.74) is 0.713. The molecule has 1 N–H and O–H groups in total. The lowest BCUT2D eigenvalue weighted by Crippen LogP contribution is -3.00. The van der Waals surface area contributed by atoms with Gasteiger partial charge in [0.25, 0.3) is 5.91 Å². The van der Waals surface area contributed by atoms with Crippen LogP contribution in [0.5, 0.6) is 11.5 Å². The minimum Gasteiger partial charge on any atom is -1.00 e. The lowest BCUT2D eigenvalue weighted by Gasteiger charge is -2.33. The van der Waals surface area contributed by atoms with Gasteiger partial charge in [0.1, 0.15) is 23.1 Å². The second kappa shape index (κ2) is 17.8. The molecular weight excluding hydrogens is 653 g/mol. The molecule has 228 valence electrons. The third-order valence-electron chi connectivity index (χ3n) is 6.83. The van der Waals surface area contributed by atoms with Gasteiger partial charge in [0.15, 0.2) is 6.04 Å². The van der Waals surface area contributed by atoms with Crippen LogP contribution in [0.15, 0.2) is 72.8 Å². The fraction of sp³-hybridized carbons (Fsp3) is 0.394. The molecule has 42 heavy (non-hydrogen) atoms. The molecule has 0 saturated heterocycles. The van der Waals surface area contributed by atoms with Crippen molar-refractivity contribution in [3.05, 3.63) is 95.6 Å². The molecule has 3 rings (SSSR count). The predicted molar refractivity (Wildman–Crippen MR) is 156 cm³/mol. The highest BCUT2D eigenvalue weighted by atomic mass is 127. The number of hydrogen-bond donors (Lipinski definition) is 1. The van der Waals surface area contributed by atoms with Crippen molar-refractivity contribution < 1.29 is 56.3 Å². The third-order valence-corrected chi connectivity index (χ3v) is 6.83. The van der Waals surface area contributed by atoms with E-state index in [0.29, 0.717) is 29.8 Å². The van der Waals surface area contributed by atoms with Crippen LogP contribution in [-0.4, -0.2) is 56.7 Å². The number of nitrogens with zero attached hydrogens (tertiary/aromatic N) is 1. The Morgan fingerprint density at radius 1 is 0.810 bits per heavy atom. The molecule has 3 aromatic rings. The zero-order chi connectivity index (χ0) is 29.7. The van der Waals surface area contributed by atoms with Crippen LogP contribution >= 0.6 is 0 Å². The van der Waals surface area contributed by atoms with Crippen LogP contribution in [0.1, 0.15) is 54.4 Å². The van der Waals surface area contributed by atoms with E-state index in [4.69, 9.17) is 9.47 Å². The Labute approximate surface area is 265 Å². The number of likely N-dealkylation sites (N-methyl/N-ethyl adjacent to an activating group) is 1. The first kappa shape index (κ1) is 35.1. The van der Waals surface area contributed by atoms with Gasteiger partial charge >= 0.3 is 5.97 Å². The normalized spacial score (nSPS) is 11.7. The first-order valence-corrected chi connectivity index (χ1v) is 14.2. The van der Waals surface area contributed by atoms with E-state index >= 15 is 0 Å². The Balaban J connectivity index is 0.00000616. The number of esters is 1. The van der Waals surface area contributed by atoms with Crippen molar-refractivity contribution in [2.24, 2.45) is 0 Å². The monoisotopic (exact) mass is 694 g/mol. The number of quaternary nitrogens is 1. The molecular formula is C33H41F2IN2O4. The average molecular weight is 695 g/mol. The Hall–Kier alpha value is -3.05. The maximum atomic E-state index is 13.7. The van der Waals surface area contributed by atoms with Gasteiger partial charge in [0.2, 0.25) is 0 Å². The molecule has 0 aliphatic rings. The van der Waals surface area contributed by atoms with Gasteiger partial charge in [-0.25, -0.2) is 13.6 Å². The number of benzene rings is 3. The zero-order valence-corrected chi connectivity index (χ0v) is 26.7. The number of amides is 1. The summed E-state index contributed by atoms with van der Waals surface area (Å²) in [4.78, 5) is 25.0. The topological polar surface area (TPSA) is 64.6 Å². The second-order valence-corrected chi connectivity index (χ2v) is 11.1. The summed E-state index contributed by atoms with van der Waals surface area (Å²) >= 11 is 0. The van der Waals surface area contributed by atoms with Gasteiger partial charge in [0, 0.05) is 13.0 Å². The molecule has 0 bridgehead atoms. The van der Waals surface area contributed by atoms with Gasteiger partial charge in [-0.1, -0.05) is 56.0 Å². The van der Waals surface area contributed by atoms with Crippen LogP contribution in [0, 0.1) is 11.6 Å². The number of carbonyl (C=O) groups is 2. The number of rotatable bonds is 16. The summed E-state index contributed by atoms with van der Waals surface area (Å²) < 4.78 is 38.5. The standard InChI is InChI=1S/C33H40F2N2O4.HI/c1-37(2,3)31(23-25-13-9-8-10-14-25)32(38)36-21-11-6-4-5-7-12-22-40-27-16-18-28(19-17-27)41-33(39)29-24-26(34)15-20-30(29)35;/h8-10,13-20,24,31H,4-7,11-12,21-23H2,1-3H3;1H. The molecule has 3 aromatic carbocycles. The molecule has 1 unspecified atom stereocenters. The van der Waals surface area contributed by atoms with E-state index in [1.54, 1.807) is 24.3 Å². The van der Waals surface area contributed by atoms with Gasteiger partial charge in [-0.3, -0.25) is 4.79 Å². The van der Waals surface area contributed by atoms with E-state index in [1.165, 1.54) is 5.56 Å². The second-order valence-electron chi connectivity index (χ2n) is 11.1. The highest BCUT2D eigenvalue weighted by Crippen LogP contribution is 2.20. The van der Waals surface area contributed by atoms with E-state index in [1.807, 2.05) is 18.2 Å². The number of ether oxygens (including phenoxy) is 2. The number of hydrogen-bond acceptors (Lipinski definition) is 4. The predicted octanol–water partition coefficient (Wildman–Crippen LogP) is 3.34. The molecule has 0 aliphatic carbocycles. The van der Waals surface area contributed by atoms with E-state index < -0.39 is 23.2 Å². The zero-order valence-electron chi connectivity index (χ0n) is 24.6. The number of nitrogens with one attached hydrogen (secondary N) is 1. The van der Waals surface area contributed by atoms with Crippen LogP contribution in [0.3, 0.4) is 0 Å². The Morgan fingerprint density at radius 3 is 2.10 bits per heavy atom. The molecule has 0 aliphatic heterocycles. The number of halogens is 3. The minimum absolute atomic E-state index is 0. The quantitative estimate of drug-likeness (QED) is 0.0823. The minimum atomic E-state index is -0.963. The molecule has 0 fully saturated rings. The van der Waals surface area contributed by atoms with Gasteiger partial charge in [0.05, 0.1) is 33.3 Å². The first-order valence-electron chi connectivity index (χ1n) is 14.2. The number of unbranched alkanes of at least 4 members (excludes halogenated alkanes) is 5. The fourth-order valence-corrected chi connectivity index (χ4v) is 4.43. The molecule has 1 amide bonds. The van der Waals surface area contributed by atoms with Gasteiger partial charge in [-0.2, -0.15) is 0 Å². The molecule has 0 aromatic heterocycles. The van der Waals surface area contributed by atoms with Crippen molar-refractivity contribution in [1.82, 2.24) is 5.32 Å². The Bertz CT molecular complexity index is 1250. The molecule has 0 radical (unpaired) electrons. The molecule has 0 heterocycles. The lowest BCUT2D eigenvalue weighted by atomic mass is 10.0. The Morgan fingerprint density at radius 2 is 1.43 bits per heavy atom. The smallest absolute Gasteiger partial charge is 0.346 e. The molecule has 9 heteroatoms. The average Bonchev–Trinajstić information content (AvgIpc) is 2.94. The van der Waals surface area contributed by atoms with Crippen molar-refractivity contribution >= 4 is 11.9 Å². The van der Waals surface area contributed by atoms with E-state index in [0.717, 1.165) is 56.7 Å². The fourth-order valence-electron chi connectivity index (χ4n) is 4.43. The van der Waals surface area contributed by atoms with Crippen molar-refractivity contribution in [3.8, 4) is 11.5 Å². The summed E-state index contributed by atoms with van der Waals surface area (Å²) in [5, 5.41) is 3.13. The molecule has 6 nitrogen and oxygen atoms in total. The maximum absolute atomic E-state index is 13.7. The van der Waals surface area contributed by atoms with Crippen LogP contribution in [-0.2, 0) is 11.2 Å². The summed E-state index contributed by atoms with van der Waals surface area (Å²) in [7, 11) is 6.18. The van der Waals surface area contributed by atoms with Crippen LogP contribution in [0.4, 0.5) is 8.78 Å². The van der Waals surface area contributed by atoms with Crippen molar-refractivity contribution in [1.29, 1.82) is 0 Å². The highest BCUT2D eigenvalue weighted by molar-refractivity contribution is 5.91. The van der Waals surface area contributed by atoms with Crippen LogP contribution in [0.25, 0.3) is 0 Å². The van der Waals surface area contributed by atoms with E-state index in [2.05, 4.69) is 38.6 Å².